The number of thiazole rings is 1. The molecule has 0 unspecified atom stereocenters. The van der Waals surface area contributed by atoms with Crippen LogP contribution < -0.4 is 0 Å². The van der Waals surface area contributed by atoms with E-state index in [2.05, 4.69) is 45.7 Å². The lowest BCUT2D eigenvalue weighted by atomic mass is 9.97. The second-order valence-corrected chi connectivity index (χ2v) is 9.81. The van der Waals surface area contributed by atoms with Gasteiger partial charge in [-0.25, -0.2) is 4.98 Å². The highest BCUT2D eigenvalue weighted by Gasteiger charge is 2.33. The number of fused-ring (bicyclic) bond motifs is 1. The predicted molar refractivity (Wildman–Crippen MR) is 120 cm³/mol. The monoisotopic (exact) mass is 481 g/mol. The summed E-state index contributed by atoms with van der Waals surface area (Å²) < 4.78 is 38.4. The van der Waals surface area contributed by atoms with Crippen LogP contribution in [0.5, 0.6) is 0 Å². The summed E-state index contributed by atoms with van der Waals surface area (Å²) >= 11 is 3.43. The zero-order chi connectivity index (χ0) is 22.7. The summed E-state index contributed by atoms with van der Waals surface area (Å²) in [6.07, 6.45) is -2.13. The third-order valence-corrected chi connectivity index (χ3v) is 7.50. The highest BCUT2D eigenvalue weighted by Crippen LogP contribution is 2.34. The Morgan fingerprint density at radius 3 is 2.75 bits per heavy atom. The van der Waals surface area contributed by atoms with E-state index in [1.54, 1.807) is 27.6 Å². The van der Waals surface area contributed by atoms with Gasteiger partial charge < -0.3 is 9.74 Å². The summed E-state index contributed by atoms with van der Waals surface area (Å²) in [7, 11) is 0. The largest absolute Gasteiger partial charge is 0.432 e. The van der Waals surface area contributed by atoms with Crippen molar-refractivity contribution in [2.45, 2.75) is 38.3 Å². The van der Waals surface area contributed by atoms with E-state index in [0.29, 0.717) is 13.1 Å². The van der Waals surface area contributed by atoms with Crippen LogP contribution in [0.15, 0.2) is 40.9 Å². The Bertz CT molecular complexity index is 1100. The average molecular weight is 482 g/mol. The van der Waals surface area contributed by atoms with Crippen LogP contribution in [0.4, 0.5) is 13.2 Å². The normalized spacial score (nSPS) is 16.0. The van der Waals surface area contributed by atoms with E-state index in [4.69, 9.17) is 4.98 Å². The van der Waals surface area contributed by atoms with Crippen molar-refractivity contribution in [3.8, 4) is 0 Å². The molecular formula is C22H22F3N3O2S2. The minimum Gasteiger partial charge on any atom is -0.385 e. The van der Waals surface area contributed by atoms with Gasteiger partial charge in [0.2, 0.25) is 0 Å². The fraction of sp³-hybridized carbons (Fsp3) is 0.409. The SMILES string of the molecule is CC(=NOCC(=O)N1CCC(c2nc3cc(Cc4cccs4)ccc3s2)CC1)C(F)(F)F. The molecule has 0 N–H and O–H groups in total. The highest BCUT2D eigenvalue weighted by atomic mass is 32.1. The molecule has 2 aromatic heterocycles. The molecule has 32 heavy (non-hydrogen) atoms. The first-order chi connectivity index (χ1) is 15.3. The second kappa shape index (κ2) is 9.58. The van der Waals surface area contributed by atoms with Crippen molar-refractivity contribution < 1.29 is 22.8 Å². The summed E-state index contributed by atoms with van der Waals surface area (Å²) in [5, 5.41) is 6.13. The molecule has 1 amide bonds. The zero-order valence-electron chi connectivity index (χ0n) is 17.4. The third kappa shape index (κ3) is 5.47. The van der Waals surface area contributed by atoms with E-state index in [9.17, 15) is 18.0 Å². The maximum absolute atomic E-state index is 12.4. The van der Waals surface area contributed by atoms with Crippen molar-refractivity contribution in [3.05, 3.63) is 51.2 Å². The van der Waals surface area contributed by atoms with Crippen molar-refractivity contribution >= 4 is 44.5 Å². The number of aromatic nitrogens is 1. The quantitative estimate of drug-likeness (QED) is 0.340. The molecule has 0 bridgehead atoms. The average Bonchev–Trinajstić information content (AvgIpc) is 3.42. The van der Waals surface area contributed by atoms with Crippen LogP contribution >= 0.6 is 22.7 Å². The molecule has 0 radical (unpaired) electrons. The van der Waals surface area contributed by atoms with Crippen LogP contribution in [0.2, 0.25) is 0 Å². The maximum atomic E-state index is 12.4. The standard InChI is InChI=1S/C22H22F3N3O2S2/c1-14(22(23,24)25)27-30-13-20(29)28-8-6-16(7-9-28)21-26-18-12-15(4-5-19(18)32-21)11-17-3-2-10-31-17/h2-5,10,12,16H,6-9,11,13H2,1H3. The number of alkyl halides is 3. The topological polar surface area (TPSA) is 54.8 Å². The van der Waals surface area contributed by atoms with Gasteiger partial charge in [0, 0.05) is 30.3 Å². The summed E-state index contributed by atoms with van der Waals surface area (Å²) in [4.78, 5) is 24.6. The van der Waals surface area contributed by atoms with Gasteiger partial charge in [-0.05, 0) is 48.9 Å². The fourth-order valence-corrected chi connectivity index (χ4v) is 5.45. The van der Waals surface area contributed by atoms with Gasteiger partial charge in [-0.3, -0.25) is 4.79 Å². The number of rotatable bonds is 6. The predicted octanol–water partition coefficient (Wildman–Crippen LogP) is 5.61. The van der Waals surface area contributed by atoms with Crippen LogP contribution in [0, 0.1) is 0 Å². The van der Waals surface area contributed by atoms with Crippen LogP contribution in [0.25, 0.3) is 10.2 Å². The van der Waals surface area contributed by atoms with Gasteiger partial charge in [-0.2, -0.15) is 13.2 Å². The summed E-state index contributed by atoms with van der Waals surface area (Å²) in [6.45, 7) is 1.36. The molecule has 0 aliphatic carbocycles. The summed E-state index contributed by atoms with van der Waals surface area (Å²) in [5.41, 5.74) is 1.13. The van der Waals surface area contributed by atoms with Gasteiger partial charge in [0.1, 0.15) is 0 Å². The smallest absolute Gasteiger partial charge is 0.385 e. The number of benzene rings is 1. The number of carbonyl (C=O) groups is 1. The van der Waals surface area contributed by atoms with Gasteiger partial charge in [0.15, 0.2) is 12.3 Å². The lowest BCUT2D eigenvalue weighted by molar-refractivity contribution is -0.137. The lowest BCUT2D eigenvalue weighted by Gasteiger charge is -2.30. The second-order valence-electron chi connectivity index (χ2n) is 7.71. The molecule has 1 saturated heterocycles. The fourth-order valence-electron chi connectivity index (χ4n) is 3.59. The molecule has 3 heterocycles. The van der Waals surface area contributed by atoms with Crippen molar-refractivity contribution in [2.24, 2.45) is 5.16 Å². The van der Waals surface area contributed by atoms with Crippen LogP contribution in [-0.2, 0) is 16.1 Å². The van der Waals surface area contributed by atoms with Gasteiger partial charge in [-0.15, -0.1) is 22.7 Å². The molecule has 0 spiro atoms. The molecule has 4 rings (SSSR count). The number of nitrogens with zero attached hydrogens (tertiary/aromatic N) is 3. The Labute approximate surface area is 191 Å². The van der Waals surface area contributed by atoms with E-state index in [-0.39, 0.29) is 11.8 Å². The minimum atomic E-state index is -4.55. The molecule has 5 nitrogen and oxygen atoms in total. The number of oxime groups is 1. The van der Waals surface area contributed by atoms with E-state index in [1.807, 2.05) is 0 Å². The van der Waals surface area contributed by atoms with Crippen molar-refractivity contribution in [1.29, 1.82) is 0 Å². The van der Waals surface area contributed by atoms with Crippen molar-refractivity contribution in [2.75, 3.05) is 19.7 Å². The van der Waals surface area contributed by atoms with E-state index >= 15 is 0 Å². The summed E-state index contributed by atoms with van der Waals surface area (Å²) in [5.74, 6) is -0.0895. The Hall–Kier alpha value is -2.46. The number of thiophene rings is 1. The van der Waals surface area contributed by atoms with Crippen molar-refractivity contribution in [1.82, 2.24) is 9.88 Å². The van der Waals surface area contributed by atoms with Crippen LogP contribution in [-0.4, -0.2) is 47.4 Å². The van der Waals surface area contributed by atoms with Crippen molar-refractivity contribution in [3.63, 3.8) is 0 Å². The van der Waals surface area contributed by atoms with Gasteiger partial charge in [0.25, 0.3) is 5.91 Å². The van der Waals surface area contributed by atoms with E-state index < -0.39 is 18.5 Å². The van der Waals surface area contributed by atoms with Gasteiger partial charge in [0.05, 0.1) is 15.2 Å². The number of hydrogen-bond acceptors (Lipinski definition) is 6. The Kier molecular flexibility index (Phi) is 6.80. The molecule has 0 atom stereocenters. The maximum Gasteiger partial charge on any atom is 0.432 e. The molecule has 10 heteroatoms. The highest BCUT2D eigenvalue weighted by molar-refractivity contribution is 7.18. The molecule has 1 aliphatic heterocycles. The molecular weight excluding hydrogens is 459 g/mol. The number of amides is 1. The first-order valence-corrected chi connectivity index (χ1v) is 11.9. The van der Waals surface area contributed by atoms with Crippen LogP contribution in [0.1, 0.15) is 41.1 Å². The zero-order valence-corrected chi connectivity index (χ0v) is 19.0. The molecule has 3 aromatic rings. The Morgan fingerprint density at radius 2 is 2.06 bits per heavy atom. The molecule has 1 aliphatic rings. The number of piperidine rings is 1. The van der Waals surface area contributed by atoms with E-state index in [0.717, 1.165) is 41.4 Å². The number of likely N-dealkylation sites (tertiary alicyclic amines) is 1. The molecule has 170 valence electrons. The Balaban J connectivity index is 1.32. The Morgan fingerprint density at radius 1 is 1.28 bits per heavy atom. The number of hydrogen-bond donors (Lipinski definition) is 0. The van der Waals surface area contributed by atoms with E-state index in [1.165, 1.54) is 10.4 Å². The molecule has 1 fully saturated rings. The molecule has 1 aromatic carbocycles. The van der Waals surface area contributed by atoms with Gasteiger partial charge in [-0.1, -0.05) is 17.3 Å². The first-order valence-electron chi connectivity index (χ1n) is 10.2. The summed E-state index contributed by atoms with van der Waals surface area (Å²) in [6, 6.07) is 10.6. The lowest BCUT2D eigenvalue weighted by Crippen LogP contribution is -2.39. The number of halogens is 3. The number of carbonyl (C=O) groups excluding carboxylic acids is 1. The minimum absolute atomic E-state index is 0.267. The first kappa shape index (κ1) is 22.7. The van der Waals surface area contributed by atoms with Crippen LogP contribution in [0.3, 0.4) is 0 Å². The molecule has 0 saturated carbocycles. The van der Waals surface area contributed by atoms with Gasteiger partial charge >= 0.3 is 6.18 Å². The third-order valence-electron chi connectivity index (χ3n) is 5.42.